The Kier molecular flexibility index (Phi) is 5.01. The molecule has 0 saturated carbocycles. The van der Waals surface area contributed by atoms with Gasteiger partial charge < -0.3 is 4.74 Å². The molecule has 2 aromatic carbocycles. The van der Waals surface area contributed by atoms with Gasteiger partial charge in [-0.15, -0.1) is 0 Å². The van der Waals surface area contributed by atoms with E-state index in [1.54, 1.807) is 0 Å². The third-order valence-corrected chi connectivity index (χ3v) is 3.47. The van der Waals surface area contributed by atoms with Crippen molar-refractivity contribution in [2.75, 3.05) is 6.61 Å². The number of benzene rings is 2. The van der Waals surface area contributed by atoms with Crippen molar-refractivity contribution in [3.8, 4) is 5.75 Å². The Bertz CT molecular complexity index is 569. The van der Waals surface area contributed by atoms with Gasteiger partial charge in [0, 0.05) is 5.02 Å². The van der Waals surface area contributed by atoms with Gasteiger partial charge in [0.25, 0.3) is 0 Å². The number of nitrogens with two attached hydrogens (primary N) is 1. The number of hydrazine groups is 1. The predicted molar refractivity (Wildman–Crippen MR) is 83.0 cm³/mol. The van der Waals surface area contributed by atoms with E-state index >= 15 is 0 Å². The smallest absolute Gasteiger partial charge is 0.119 e. The van der Waals surface area contributed by atoms with Crippen LogP contribution in [-0.4, -0.2) is 6.61 Å². The van der Waals surface area contributed by atoms with E-state index in [9.17, 15) is 0 Å². The van der Waals surface area contributed by atoms with Crippen molar-refractivity contribution in [3.05, 3.63) is 64.2 Å². The third-order valence-electron chi connectivity index (χ3n) is 3.23. The van der Waals surface area contributed by atoms with Gasteiger partial charge in [-0.25, -0.2) is 5.43 Å². The molecule has 0 heterocycles. The summed E-state index contributed by atoms with van der Waals surface area (Å²) in [7, 11) is 0. The lowest BCUT2D eigenvalue weighted by Gasteiger charge is -2.19. The summed E-state index contributed by atoms with van der Waals surface area (Å²) in [5.41, 5.74) is 6.17. The molecule has 0 amide bonds. The fourth-order valence-corrected chi connectivity index (χ4v) is 2.48. The van der Waals surface area contributed by atoms with Crippen molar-refractivity contribution in [1.82, 2.24) is 5.43 Å². The van der Waals surface area contributed by atoms with Gasteiger partial charge >= 0.3 is 0 Å². The largest absolute Gasteiger partial charge is 0.494 e. The molecule has 1 atom stereocenters. The highest BCUT2D eigenvalue weighted by molar-refractivity contribution is 6.30. The van der Waals surface area contributed by atoms with Crippen molar-refractivity contribution >= 4 is 11.6 Å². The highest BCUT2D eigenvalue weighted by Crippen LogP contribution is 2.27. The van der Waals surface area contributed by atoms with E-state index in [0.717, 1.165) is 27.5 Å². The van der Waals surface area contributed by atoms with Crippen LogP contribution < -0.4 is 16.0 Å². The van der Waals surface area contributed by atoms with E-state index in [0.29, 0.717) is 6.61 Å². The van der Waals surface area contributed by atoms with Crippen molar-refractivity contribution in [1.29, 1.82) is 0 Å². The molecule has 3 N–H and O–H groups in total. The monoisotopic (exact) mass is 290 g/mol. The van der Waals surface area contributed by atoms with Gasteiger partial charge in [-0.05, 0) is 54.8 Å². The molecule has 2 rings (SSSR count). The molecule has 0 aliphatic rings. The SMILES string of the molecule is CCOc1ccc(C(NN)c2ccc(Cl)cc2C)cc1. The van der Waals surface area contributed by atoms with Crippen LogP contribution in [0.15, 0.2) is 42.5 Å². The van der Waals surface area contributed by atoms with E-state index in [-0.39, 0.29) is 6.04 Å². The zero-order chi connectivity index (χ0) is 14.5. The fourth-order valence-electron chi connectivity index (χ4n) is 2.25. The number of rotatable bonds is 5. The molecule has 0 bridgehead atoms. The molecular formula is C16H19ClN2O. The third kappa shape index (κ3) is 3.31. The number of hydrogen-bond donors (Lipinski definition) is 2. The van der Waals surface area contributed by atoms with E-state index < -0.39 is 0 Å². The number of halogens is 1. The first-order valence-corrected chi connectivity index (χ1v) is 6.98. The van der Waals surface area contributed by atoms with Gasteiger partial charge in [-0.1, -0.05) is 29.8 Å². The number of ether oxygens (including phenoxy) is 1. The first-order chi connectivity index (χ1) is 9.65. The van der Waals surface area contributed by atoms with Crippen molar-refractivity contribution < 1.29 is 4.74 Å². The molecule has 3 nitrogen and oxygen atoms in total. The molecule has 0 aromatic heterocycles. The minimum Gasteiger partial charge on any atom is -0.494 e. The second-order valence-corrected chi connectivity index (χ2v) is 5.04. The maximum atomic E-state index is 6.00. The zero-order valence-electron chi connectivity index (χ0n) is 11.7. The van der Waals surface area contributed by atoms with E-state index in [2.05, 4.69) is 5.43 Å². The molecule has 0 aliphatic carbocycles. The van der Waals surface area contributed by atoms with E-state index in [1.165, 1.54) is 0 Å². The summed E-state index contributed by atoms with van der Waals surface area (Å²) in [5, 5.41) is 0.730. The first-order valence-electron chi connectivity index (χ1n) is 6.60. The quantitative estimate of drug-likeness (QED) is 0.653. The zero-order valence-corrected chi connectivity index (χ0v) is 12.4. The summed E-state index contributed by atoms with van der Waals surface area (Å²) in [5.74, 6) is 6.59. The molecule has 106 valence electrons. The second-order valence-electron chi connectivity index (χ2n) is 4.60. The number of aryl methyl sites for hydroxylation is 1. The molecule has 0 saturated heterocycles. The Morgan fingerprint density at radius 1 is 1.20 bits per heavy atom. The van der Waals surface area contributed by atoms with Gasteiger partial charge in [0.1, 0.15) is 5.75 Å². The standard InChI is InChI=1S/C16H19ClN2O/c1-3-20-14-7-4-12(5-8-14)16(19-18)15-9-6-13(17)10-11(15)2/h4-10,16,19H,3,18H2,1-2H3. The summed E-state index contributed by atoms with van der Waals surface area (Å²) < 4.78 is 5.45. The van der Waals surface area contributed by atoms with Gasteiger partial charge in [-0.3, -0.25) is 5.84 Å². The number of nitrogens with one attached hydrogen (secondary N) is 1. The first kappa shape index (κ1) is 14.9. The molecule has 0 radical (unpaired) electrons. The lowest BCUT2D eigenvalue weighted by atomic mass is 9.95. The predicted octanol–water partition coefficient (Wildman–Crippen LogP) is 3.60. The average Bonchev–Trinajstić information content (AvgIpc) is 2.44. The maximum absolute atomic E-state index is 6.00. The molecule has 0 aliphatic heterocycles. The Labute approximate surface area is 124 Å². The molecule has 1 unspecified atom stereocenters. The van der Waals surface area contributed by atoms with Crippen LogP contribution in [0.2, 0.25) is 5.02 Å². The normalized spacial score (nSPS) is 12.2. The van der Waals surface area contributed by atoms with Crippen LogP contribution in [0.25, 0.3) is 0 Å². The van der Waals surface area contributed by atoms with Crippen LogP contribution >= 0.6 is 11.6 Å². The highest BCUT2D eigenvalue weighted by Gasteiger charge is 2.14. The Morgan fingerprint density at radius 3 is 2.45 bits per heavy atom. The van der Waals surface area contributed by atoms with E-state index in [1.807, 2.05) is 56.3 Å². The van der Waals surface area contributed by atoms with Gasteiger partial charge in [0.05, 0.1) is 12.6 Å². The molecule has 0 fully saturated rings. The van der Waals surface area contributed by atoms with E-state index in [4.69, 9.17) is 22.2 Å². The average molecular weight is 291 g/mol. The molecular weight excluding hydrogens is 272 g/mol. The summed E-state index contributed by atoms with van der Waals surface area (Å²) in [6.07, 6.45) is 0. The molecule has 20 heavy (non-hydrogen) atoms. The van der Waals surface area contributed by atoms with Crippen LogP contribution in [0, 0.1) is 6.92 Å². The van der Waals surface area contributed by atoms with Crippen LogP contribution in [0.4, 0.5) is 0 Å². The van der Waals surface area contributed by atoms with Crippen LogP contribution in [-0.2, 0) is 0 Å². The molecule has 0 spiro atoms. The molecule has 2 aromatic rings. The van der Waals surface area contributed by atoms with Gasteiger partial charge in [0.15, 0.2) is 0 Å². The Hall–Kier alpha value is -1.55. The van der Waals surface area contributed by atoms with Gasteiger partial charge in [0.2, 0.25) is 0 Å². The lowest BCUT2D eigenvalue weighted by Crippen LogP contribution is -2.29. The molecule has 4 heteroatoms. The van der Waals surface area contributed by atoms with Crippen molar-refractivity contribution in [2.45, 2.75) is 19.9 Å². The van der Waals surface area contributed by atoms with Crippen LogP contribution in [0.5, 0.6) is 5.75 Å². The summed E-state index contributed by atoms with van der Waals surface area (Å²) in [6.45, 7) is 4.66. The van der Waals surface area contributed by atoms with Crippen molar-refractivity contribution in [3.63, 3.8) is 0 Å². The summed E-state index contributed by atoms with van der Waals surface area (Å²) in [4.78, 5) is 0. The number of hydrogen-bond acceptors (Lipinski definition) is 3. The fraction of sp³-hybridized carbons (Fsp3) is 0.250. The maximum Gasteiger partial charge on any atom is 0.119 e. The Morgan fingerprint density at radius 2 is 1.90 bits per heavy atom. The summed E-state index contributed by atoms with van der Waals surface area (Å²) >= 11 is 6.00. The van der Waals surface area contributed by atoms with Crippen LogP contribution in [0.3, 0.4) is 0 Å². The van der Waals surface area contributed by atoms with Crippen molar-refractivity contribution in [2.24, 2.45) is 5.84 Å². The highest BCUT2D eigenvalue weighted by atomic mass is 35.5. The summed E-state index contributed by atoms with van der Waals surface area (Å²) in [6, 6.07) is 13.7. The minimum atomic E-state index is -0.0667. The minimum absolute atomic E-state index is 0.0667. The Balaban J connectivity index is 2.31. The lowest BCUT2D eigenvalue weighted by molar-refractivity contribution is 0.340. The van der Waals surface area contributed by atoms with Crippen LogP contribution in [0.1, 0.15) is 29.7 Å². The second kappa shape index (κ2) is 6.75. The van der Waals surface area contributed by atoms with Gasteiger partial charge in [-0.2, -0.15) is 0 Å². The topological polar surface area (TPSA) is 47.3 Å².